The second-order valence-corrected chi connectivity index (χ2v) is 4.82. The molecule has 0 saturated heterocycles. The lowest BCUT2D eigenvalue weighted by Crippen LogP contribution is -2.40. The van der Waals surface area contributed by atoms with Gasteiger partial charge in [-0.2, -0.15) is 0 Å². The normalized spacial score (nSPS) is 11.6. The number of halogens is 2. The van der Waals surface area contributed by atoms with Crippen LogP contribution >= 0.6 is 0 Å². The van der Waals surface area contributed by atoms with Crippen LogP contribution in [0, 0.1) is 11.6 Å². The minimum atomic E-state index is -1.27. The first-order chi connectivity index (χ1) is 11.6. The summed E-state index contributed by atoms with van der Waals surface area (Å²) >= 11 is 0. The molecular formula is C15H17F2N5O2. The quantitative estimate of drug-likeness (QED) is 0.569. The van der Waals surface area contributed by atoms with E-state index in [9.17, 15) is 18.7 Å². The Bertz CT molecular complexity index is 672. The summed E-state index contributed by atoms with van der Waals surface area (Å²) in [6, 6.07) is 4.02. The molecule has 4 N–H and O–H groups in total. The van der Waals surface area contributed by atoms with Crippen molar-refractivity contribution in [3.63, 3.8) is 0 Å². The SMILES string of the molecule is O=C(NCCNc1ncccn1)NC[C@H](O)c1ccc(F)cc1F. The fourth-order valence-electron chi connectivity index (χ4n) is 1.87. The lowest BCUT2D eigenvalue weighted by molar-refractivity contribution is 0.169. The number of aliphatic hydroxyl groups is 1. The summed E-state index contributed by atoms with van der Waals surface area (Å²) in [5.41, 5.74) is -0.0837. The molecule has 1 heterocycles. The smallest absolute Gasteiger partial charge is 0.314 e. The van der Waals surface area contributed by atoms with Gasteiger partial charge in [0.15, 0.2) is 0 Å². The number of nitrogens with one attached hydrogen (secondary N) is 3. The number of amides is 2. The fraction of sp³-hybridized carbons (Fsp3) is 0.267. The van der Waals surface area contributed by atoms with E-state index in [1.54, 1.807) is 18.5 Å². The first kappa shape index (κ1) is 17.5. The predicted molar refractivity (Wildman–Crippen MR) is 83.2 cm³/mol. The average molecular weight is 337 g/mol. The Balaban J connectivity index is 1.67. The minimum Gasteiger partial charge on any atom is -0.386 e. The highest BCUT2D eigenvalue weighted by molar-refractivity contribution is 5.73. The van der Waals surface area contributed by atoms with Crippen LogP contribution in [0.5, 0.6) is 0 Å². The third-order valence-corrected chi connectivity index (χ3v) is 3.04. The van der Waals surface area contributed by atoms with E-state index in [0.717, 1.165) is 12.1 Å². The van der Waals surface area contributed by atoms with Crippen LogP contribution in [0.25, 0.3) is 0 Å². The summed E-state index contributed by atoms with van der Waals surface area (Å²) in [5, 5.41) is 17.7. The predicted octanol–water partition coefficient (Wildman–Crippen LogP) is 1.20. The molecule has 0 aliphatic heterocycles. The number of hydrogen-bond acceptors (Lipinski definition) is 5. The molecule has 7 nitrogen and oxygen atoms in total. The van der Waals surface area contributed by atoms with E-state index < -0.39 is 23.8 Å². The van der Waals surface area contributed by atoms with Crippen molar-refractivity contribution in [1.82, 2.24) is 20.6 Å². The van der Waals surface area contributed by atoms with Crippen LogP contribution in [0.1, 0.15) is 11.7 Å². The van der Waals surface area contributed by atoms with Crippen LogP contribution in [-0.2, 0) is 0 Å². The van der Waals surface area contributed by atoms with E-state index in [2.05, 4.69) is 25.9 Å². The van der Waals surface area contributed by atoms with Gasteiger partial charge in [-0.3, -0.25) is 0 Å². The highest BCUT2D eigenvalue weighted by Gasteiger charge is 2.14. The van der Waals surface area contributed by atoms with E-state index in [1.807, 2.05) is 0 Å². The van der Waals surface area contributed by atoms with Crippen LogP contribution in [0.4, 0.5) is 19.5 Å². The zero-order valence-electron chi connectivity index (χ0n) is 12.7. The zero-order valence-corrected chi connectivity index (χ0v) is 12.7. The Kier molecular flexibility index (Phi) is 6.38. The number of hydrogen-bond donors (Lipinski definition) is 4. The van der Waals surface area contributed by atoms with Crippen molar-refractivity contribution in [1.29, 1.82) is 0 Å². The summed E-state index contributed by atoms with van der Waals surface area (Å²) in [7, 11) is 0. The standard InChI is InChI=1S/C15H17F2N5O2/c16-10-2-3-11(12(17)8-10)13(23)9-22-15(24)21-7-6-20-14-18-4-1-5-19-14/h1-5,8,13,23H,6-7,9H2,(H,18,19,20)(H2,21,22,24)/t13-/m0/s1. The summed E-state index contributed by atoms with van der Waals surface area (Å²) in [5.74, 6) is -1.15. The zero-order chi connectivity index (χ0) is 17.4. The van der Waals surface area contributed by atoms with Crippen LogP contribution < -0.4 is 16.0 Å². The van der Waals surface area contributed by atoms with Gasteiger partial charge in [0.2, 0.25) is 5.95 Å². The molecule has 24 heavy (non-hydrogen) atoms. The van der Waals surface area contributed by atoms with Gasteiger partial charge in [-0.25, -0.2) is 23.5 Å². The molecule has 2 rings (SSSR count). The Morgan fingerprint density at radius 2 is 1.92 bits per heavy atom. The van der Waals surface area contributed by atoms with Gasteiger partial charge in [0, 0.05) is 43.7 Å². The maximum atomic E-state index is 13.5. The first-order valence-corrected chi connectivity index (χ1v) is 7.22. The largest absolute Gasteiger partial charge is 0.386 e. The molecule has 0 fully saturated rings. The van der Waals surface area contributed by atoms with Crippen molar-refractivity contribution in [3.8, 4) is 0 Å². The number of aliphatic hydroxyl groups excluding tert-OH is 1. The van der Waals surface area contributed by atoms with E-state index in [1.165, 1.54) is 0 Å². The van der Waals surface area contributed by atoms with Crippen molar-refractivity contribution < 1.29 is 18.7 Å². The van der Waals surface area contributed by atoms with Gasteiger partial charge in [-0.15, -0.1) is 0 Å². The van der Waals surface area contributed by atoms with Crippen molar-refractivity contribution in [3.05, 3.63) is 53.9 Å². The first-order valence-electron chi connectivity index (χ1n) is 7.22. The second kappa shape index (κ2) is 8.73. The molecular weight excluding hydrogens is 320 g/mol. The monoisotopic (exact) mass is 337 g/mol. The molecule has 2 amide bonds. The molecule has 0 spiro atoms. The van der Waals surface area contributed by atoms with Gasteiger partial charge in [-0.1, -0.05) is 6.07 Å². The average Bonchev–Trinajstić information content (AvgIpc) is 2.57. The Morgan fingerprint density at radius 3 is 2.62 bits per heavy atom. The van der Waals surface area contributed by atoms with Crippen molar-refractivity contribution in [2.24, 2.45) is 0 Å². The van der Waals surface area contributed by atoms with Crippen molar-refractivity contribution in [2.75, 3.05) is 25.0 Å². The molecule has 0 radical (unpaired) electrons. The molecule has 1 aromatic heterocycles. The van der Waals surface area contributed by atoms with Gasteiger partial charge in [0.1, 0.15) is 11.6 Å². The lowest BCUT2D eigenvalue weighted by Gasteiger charge is -2.14. The number of carbonyl (C=O) groups excluding carboxylic acids is 1. The van der Waals surface area contributed by atoms with Gasteiger partial charge in [-0.05, 0) is 12.1 Å². The van der Waals surface area contributed by atoms with Crippen LogP contribution in [0.2, 0.25) is 0 Å². The van der Waals surface area contributed by atoms with Gasteiger partial charge < -0.3 is 21.1 Å². The molecule has 1 atom stereocenters. The number of rotatable bonds is 7. The molecule has 0 saturated carbocycles. The van der Waals surface area contributed by atoms with Crippen LogP contribution in [0.3, 0.4) is 0 Å². The second-order valence-electron chi connectivity index (χ2n) is 4.82. The third kappa shape index (κ3) is 5.43. The summed E-state index contributed by atoms with van der Waals surface area (Å²) in [4.78, 5) is 19.5. The molecule has 128 valence electrons. The molecule has 2 aromatic rings. The molecule has 0 unspecified atom stereocenters. The topological polar surface area (TPSA) is 99.2 Å². The molecule has 0 aliphatic rings. The molecule has 0 bridgehead atoms. The summed E-state index contributed by atoms with van der Waals surface area (Å²) in [6.07, 6.45) is 1.91. The van der Waals surface area contributed by atoms with Crippen molar-refractivity contribution >= 4 is 12.0 Å². The Labute approximate surface area is 137 Å². The molecule has 9 heteroatoms. The highest BCUT2D eigenvalue weighted by Crippen LogP contribution is 2.17. The third-order valence-electron chi connectivity index (χ3n) is 3.04. The van der Waals surface area contributed by atoms with Gasteiger partial charge >= 0.3 is 6.03 Å². The number of benzene rings is 1. The minimum absolute atomic E-state index is 0.0837. The number of carbonyl (C=O) groups is 1. The Morgan fingerprint density at radius 1 is 1.17 bits per heavy atom. The van der Waals surface area contributed by atoms with E-state index >= 15 is 0 Å². The lowest BCUT2D eigenvalue weighted by atomic mass is 10.1. The molecule has 0 aliphatic carbocycles. The maximum absolute atomic E-state index is 13.5. The maximum Gasteiger partial charge on any atom is 0.314 e. The summed E-state index contributed by atoms with van der Waals surface area (Å²) < 4.78 is 26.3. The van der Waals surface area contributed by atoms with Crippen molar-refractivity contribution in [2.45, 2.75) is 6.10 Å². The van der Waals surface area contributed by atoms with Crippen LogP contribution in [0.15, 0.2) is 36.7 Å². The molecule has 1 aromatic carbocycles. The Hall–Kier alpha value is -2.81. The van der Waals surface area contributed by atoms with E-state index in [-0.39, 0.29) is 12.1 Å². The van der Waals surface area contributed by atoms with E-state index in [4.69, 9.17) is 0 Å². The van der Waals surface area contributed by atoms with Crippen LogP contribution in [-0.4, -0.2) is 40.7 Å². The highest BCUT2D eigenvalue weighted by atomic mass is 19.1. The van der Waals surface area contributed by atoms with Gasteiger partial charge in [0.05, 0.1) is 6.10 Å². The summed E-state index contributed by atoms with van der Waals surface area (Å²) in [6.45, 7) is 0.501. The number of urea groups is 1. The fourth-order valence-corrected chi connectivity index (χ4v) is 1.87. The van der Waals surface area contributed by atoms with Gasteiger partial charge in [0.25, 0.3) is 0 Å². The number of aromatic nitrogens is 2. The number of anilines is 1. The number of nitrogens with zero attached hydrogens (tertiary/aromatic N) is 2. The van der Waals surface area contributed by atoms with E-state index in [0.29, 0.717) is 25.1 Å².